The predicted molar refractivity (Wildman–Crippen MR) is 123 cm³/mol. The number of pyridine rings is 1. The van der Waals surface area contributed by atoms with E-state index in [2.05, 4.69) is 43.2 Å². The van der Waals surface area contributed by atoms with Gasteiger partial charge in [-0.15, -0.1) is 12.4 Å². The number of anilines is 1. The molecule has 30 heavy (non-hydrogen) atoms. The summed E-state index contributed by atoms with van der Waals surface area (Å²) in [6, 6.07) is 6.27. The Morgan fingerprint density at radius 2 is 1.87 bits per heavy atom. The molecule has 2 heterocycles. The van der Waals surface area contributed by atoms with Crippen LogP contribution in [0.1, 0.15) is 33.4 Å². The molecule has 0 unspecified atom stereocenters. The molecule has 0 spiro atoms. The molecule has 1 aliphatic rings. The van der Waals surface area contributed by atoms with Crippen LogP contribution in [0.25, 0.3) is 6.08 Å². The zero-order valence-corrected chi connectivity index (χ0v) is 19.0. The zero-order valence-electron chi connectivity index (χ0n) is 18.2. The number of aryl methyl sites for hydroxylation is 3. The van der Waals surface area contributed by atoms with Gasteiger partial charge >= 0.3 is 0 Å². The van der Waals surface area contributed by atoms with E-state index >= 15 is 0 Å². The number of nitrogens with zero attached hydrogens (tertiary/aromatic N) is 3. The number of aromatic nitrogens is 1. The lowest BCUT2D eigenvalue weighted by Crippen LogP contribution is -2.26. The second kappa shape index (κ2) is 9.87. The molecule has 2 amide bonds. The van der Waals surface area contributed by atoms with Gasteiger partial charge in [0.2, 0.25) is 11.8 Å². The van der Waals surface area contributed by atoms with E-state index in [4.69, 9.17) is 0 Å². The highest BCUT2D eigenvalue weighted by Crippen LogP contribution is 2.20. The maximum Gasteiger partial charge on any atom is 0.246 e. The van der Waals surface area contributed by atoms with Crippen LogP contribution in [0.2, 0.25) is 0 Å². The molecule has 2 aromatic rings. The molecule has 0 radical (unpaired) electrons. The Morgan fingerprint density at radius 1 is 1.17 bits per heavy atom. The number of amides is 2. The van der Waals surface area contributed by atoms with Crippen molar-refractivity contribution in [3.63, 3.8) is 0 Å². The molecule has 1 aliphatic heterocycles. The minimum absolute atomic E-state index is 0. The lowest BCUT2D eigenvalue weighted by molar-refractivity contribution is -0.125. The lowest BCUT2D eigenvalue weighted by atomic mass is 10.0. The van der Waals surface area contributed by atoms with Crippen molar-refractivity contribution in [2.75, 3.05) is 26.0 Å². The van der Waals surface area contributed by atoms with E-state index in [1.807, 2.05) is 18.0 Å². The molecule has 0 aliphatic carbocycles. The second-order valence-electron chi connectivity index (χ2n) is 7.89. The van der Waals surface area contributed by atoms with Gasteiger partial charge in [0.15, 0.2) is 0 Å². The molecule has 0 fully saturated rings. The van der Waals surface area contributed by atoms with Crippen molar-refractivity contribution in [3.8, 4) is 0 Å². The van der Waals surface area contributed by atoms with Gasteiger partial charge in [-0.2, -0.15) is 0 Å². The number of nitrogens with one attached hydrogen (secondary N) is 1. The molecule has 0 saturated heterocycles. The van der Waals surface area contributed by atoms with Crippen LogP contribution in [0.3, 0.4) is 0 Å². The summed E-state index contributed by atoms with van der Waals surface area (Å²) >= 11 is 0. The Kier molecular flexibility index (Phi) is 7.76. The number of benzene rings is 1. The molecular formula is C23H29ClN4O2. The minimum Gasteiger partial charge on any atom is -0.338 e. The van der Waals surface area contributed by atoms with Crippen LogP contribution in [-0.2, 0) is 22.7 Å². The fourth-order valence-corrected chi connectivity index (χ4v) is 3.44. The third kappa shape index (κ3) is 5.68. The Morgan fingerprint density at radius 3 is 2.60 bits per heavy atom. The fraction of sp³-hybridized carbons (Fsp3) is 0.348. The largest absolute Gasteiger partial charge is 0.338 e. The number of fused-ring (bicyclic) bond motifs is 1. The van der Waals surface area contributed by atoms with Crippen LogP contribution in [0, 0.1) is 20.8 Å². The van der Waals surface area contributed by atoms with Crippen LogP contribution < -0.4 is 5.32 Å². The maximum absolute atomic E-state index is 12.6. The molecule has 7 heteroatoms. The van der Waals surface area contributed by atoms with Crippen molar-refractivity contribution in [2.45, 2.75) is 33.9 Å². The predicted octanol–water partition coefficient (Wildman–Crippen LogP) is 3.48. The number of hydrogen-bond donors (Lipinski definition) is 1. The normalized spacial score (nSPS) is 14.0. The van der Waals surface area contributed by atoms with Crippen LogP contribution in [0.4, 0.5) is 5.82 Å². The first-order chi connectivity index (χ1) is 13.7. The molecular weight excluding hydrogens is 400 g/mol. The standard InChI is InChI=1S/C23H28N4O2.ClH/c1-15-8-17(3)19(9-16(15)2)13-27(5)22(29)7-6-18-10-20-12-26(4)14-21(28)25-23(20)24-11-18;/h6-11H,12-14H2,1-5H3,(H,24,25,28);1H/b7-6+;. The average molecular weight is 429 g/mol. The first-order valence-electron chi connectivity index (χ1n) is 9.70. The van der Waals surface area contributed by atoms with E-state index in [1.165, 1.54) is 16.7 Å². The average Bonchev–Trinajstić information content (AvgIpc) is 2.79. The van der Waals surface area contributed by atoms with Crippen molar-refractivity contribution in [1.82, 2.24) is 14.8 Å². The van der Waals surface area contributed by atoms with Gasteiger partial charge in [0.1, 0.15) is 5.82 Å². The van der Waals surface area contributed by atoms with E-state index in [0.717, 1.165) is 16.7 Å². The monoisotopic (exact) mass is 428 g/mol. The highest BCUT2D eigenvalue weighted by Gasteiger charge is 2.17. The van der Waals surface area contributed by atoms with Gasteiger partial charge in [0, 0.05) is 38.0 Å². The van der Waals surface area contributed by atoms with E-state index < -0.39 is 0 Å². The second-order valence-corrected chi connectivity index (χ2v) is 7.89. The Balaban J connectivity index is 0.00000320. The molecule has 0 atom stereocenters. The van der Waals surface area contributed by atoms with Crippen molar-refractivity contribution >= 4 is 36.1 Å². The molecule has 1 aromatic carbocycles. The number of halogens is 1. The topological polar surface area (TPSA) is 65.5 Å². The summed E-state index contributed by atoms with van der Waals surface area (Å²) in [7, 11) is 3.70. The van der Waals surface area contributed by atoms with Gasteiger partial charge in [0.05, 0.1) is 6.54 Å². The Labute approximate surface area is 184 Å². The van der Waals surface area contributed by atoms with Crippen molar-refractivity contribution in [3.05, 3.63) is 63.9 Å². The summed E-state index contributed by atoms with van der Waals surface area (Å²) in [6.45, 7) is 7.79. The summed E-state index contributed by atoms with van der Waals surface area (Å²) in [6.07, 6.45) is 5.01. The molecule has 160 valence electrons. The van der Waals surface area contributed by atoms with Gasteiger partial charge < -0.3 is 10.2 Å². The number of rotatable bonds is 4. The van der Waals surface area contributed by atoms with Crippen LogP contribution in [0.5, 0.6) is 0 Å². The summed E-state index contributed by atoms with van der Waals surface area (Å²) in [5.74, 6) is 0.452. The highest BCUT2D eigenvalue weighted by atomic mass is 35.5. The summed E-state index contributed by atoms with van der Waals surface area (Å²) in [5, 5.41) is 2.81. The quantitative estimate of drug-likeness (QED) is 0.757. The zero-order chi connectivity index (χ0) is 21.1. The van der Waals surface area contributed by atoms with Gasteiger partial charge in [0.25, 0.3) is 0 Å². The molecule has 1 N–H and O–H groups in total. The van der Waals surface area contributed by atoms with Crippen LogP contribution in [0.15, 0.2) is 30.5 Å². The number of carbonyl (C=O) groups excluding carboxylic acids is 2. The molecule has 0 saturated carbocycles. The first kappa shape index (κ1) is 23.6. The van der Waals surface area contributed by atoms with E-state index in [1.54, 1.807) is 30.3 Å². The maximum atomic E-state index is 12.6. The SMILES string of the molecule is Cc1cc(C)c(CN(C)C(=O)/C=C/c2cnc3c(c2)CN(C)CC(=O)N3)cc1C.Cl. The molecule has 6 nitrogen and oxygen atoms in total. The van der Waals surface area contributed by atoms with Crippen LogP contribution >= 0.6 is 12.4 Å². The van der Waals surface area contributed by atoms with E-state index in [9.17, 15) is 9.59 Å². The van der Waals surface area contributed by atoms with Gasteiger partial charge in [-0.1, -0.05) is 12.1 Å². The highest BCUT2D eigenvalue weighted by molar-refractivity contribution is 5.93. The summed E-state index contributed by atoms with van der Waals surface area (Å²) in [5.41, 5.74) is 6.61. The van der Waals surface area contributed by atoms with Gasteiger partial charge in [-0.05, 0) is 67.8 Å². The van der Waals surface area contributed by atoms with E-state index in [-0.39, 0.29) is 24.2 Å². The smallest absolute Gasteiger partial charge is 0.246 e. The molecule has 0 bridgehead atoms. The van der Waals surface area contributed by atoms with E-state index in [0.29, 0.717) is 25.5 Å². The number of likely N-dealkylation sites (N-methyl/N-ethyl adjacent to an activating group) is 2. The lowest BCUT2D eigenvalue weighted by Gasteiger charge is -2.18. The van der Waals surface area contributed by atoms with Crippen LogP contribution in [-0.4, -0.2) is 47.2 Å². The number of hydrogen-bond acceptors (Lipinski definition) is 4. The Hall–Kier alpha value is -2.70. The first-order valence-corrected chi connectivity index (χ1v) is 9.70. The summed E-state index contributed by atoms with van der Waals surface area (Å²) < 4.78 is 0. The van der Waals surface area contributed by atoms with Crippen molar-refractivity contribution in [1.29, 1.82) is 0 Å². The molecule has 3 rings (SSSR count). The van der Waals surface area contributed by atoms with Gasteiger partial charge in [-0.25, -0.2) is 4.98 Å². The van der Waals surface area contributed by atoms with Crippen molar-refractivity contribution < 1.29 is 9.59 Å². The third-order valence-electron chi connectivity index (χ3n) is 5.25. The number of carbonyl (C=O) groups is 2. The fourth-order valence-electron chi connectivity index (χ4n) is 3.44. The van der Waals surface area contributed by atoms with Gasteiger partial charge in [-0.3, -0.25) is 14.5 Å². The van der Waals surface area contributed by atoms with Crippen molar-refractivity contribution in [2.24, 2.45) is 0 Å². The third-order valence-corrected chi connectivity index (χ3v) is 5.25. The molecule has 1 aromatic heterocycles. The minimum atomic E-state index is -0.0690. The Bertz CT molecular complexity index is 987. The summed E-state index contributed by atoms with van der Waals surface area (Å²) in [4.78, 5) is 32.4.